The molecule has 1 fully saturated rings. The number of carbonyl (C=O) groups is 1. The summed E-state index contributed by atoms with van der Waals surface area (Å²) in [6.45, 7) is 6.16. The number of carbonyl (C=O) groups excluding carboxylic acids is 1. The van der Waals surface area contributed by atoms with Crippen LogP contribution in [0.1, 0.15) is 29.9 Å². The van der Waals surface area contributed by atoms with Crippen LogP contribution >= 0.6 is 0 Å². The van der Waals surface area contributed by atoms with Crippen LogP contribution in [0.5, 0.6) is 0 Å². The largest absolute Gasteiger partial charge is 0.463 e. The third kappa shape index (κ3) is 4.07. The van der Waals surface area contributed by atoms with E-state index in [-0.39, 0.29) is 18.1 Å². The van der Waals surface area contributed by atoms with Gasteiger partial charge in [0.2, 0.25) is 0 Å². The molecule has 1 aliphatic heterocycles. The highest BCUT2D eigenvalue weighted by Gasteiger charge is 2.23. The van der Waals surface area contributed by atoms with Gasteiger partial charge in [-0.05, 0) is 37.6 Å². The number of hydrogen-bond donors (Lipinski definition) is 2. The predicted molar refractivity (Wildman–Crippen MR) is 104 cm³/mol. The molecule has 4 heterocycles. The number of furan rings is 1. The van der Waals surface area contributed by atoms with Gasteiger partial charge in [0.1, 0.15) is 11.5 Å². The first-order valence-electron chi connectivity index (χ1n) is 9.31. The summed E-state index contributed by atoms with van der Waals surface area (Å²) in [7, 11) is 0. The minimum Gasteiger partial charge on any atom is -0.463 e. The zero-order valence-electron chi connectivity index (χ0n) is 15.9. The zero-order valence-corrected chi connectivity index (χ0v) is 15.9. The highest BCUT2D eigenvalue weighted by Crippen LogP contribution is 2.19. The fraction of sp³-hybridized carbons (Fsp3) is 0.350. The molecule has 146 valence electrons. The summed E-state index contributed by atoms with van der Waals surface area (Å²) < 4.78 is 11.1. The highest BCUT2D eigenvalue weighted by atomic mass is 16.5. The van der Waals surface area contributed by atoms with E-state index in [9.17, 15) is 4.79 Å². The average molecular weight is 381 g/mol. The van der Waals surface area contributed by atoms with Crippen molar-refractivity contribution in [2.24, 2.45) is 0 Å². The predicted octanol–water partition coefficient (Wildman–Crippen LogP) is 2.61. The number of rotatable bonds is 5. The number of nitrogens with one attached hydrogen (secondary N) is 2. The molecule has 2 N–H and O–H groups in total. The molecule has 0 aliphatic carbocycles. The van der Waals surface area contributed by atoms with Gasteiger partial charge in [0.25, 0.3) is 5.91 Å². The lowest BCUT2D eigenvalue weighted by Gasteiger charge is -2.36. The lowest BCUT2D eigenvalue weighted by atomic mass is 10.2. The molecule has 8 nitrogen and oxygen atoms in total. The number of anilines is 1. The molecule has 28 heavy (non-hydrogen) atoms. The molecule has 2 atom stereocenters. The van der Waals surface area contributed by atoms with Gasteiger partial charge in [-0.25, -0.2) is 4.98 Å². The number of amides is 1. The van der Waals surface area contributed by atoms with Crippen molar-refractivity contribution in [3.8, 4) is 11.5 Å². The SMILES string of the molecule is C[C@@H]1CN(c2ccc(CNC(=O)c3cc(-c4ccco4)[nH]n3)cn2)C[C@H](C)O1. The normalized spacial score (nSPS) is 19.6. The van der Waals surface area contributed by atoms with Crippen LogP contribution in [0.3, 0.4) is 0 Å². The van der Waals surface area contributed by atoms with Crippen molar-refractivity contribution in [1.82, 2.24) is 20.5 Å². The van der Waals surface area contributed by atoms with E-state index in [0.29, 0.717) is 23.7 Å². The van der Waals surface area contributed by atoms with Crippen LogP contribution in [0.2, 0.25) is 0 Å². The van der Waals surface area contributed by atoms with E-state index in [4.69, 9.17) is 9.15 Å². The van der Waals surface area contributed by atoms with Gasteiger partial charge in [-0.1, -0.05) is 6.07 Å². The Kier molecular flexibility index (Phi) is 5.12. The summed E-state index contributed by atoms with van der Waals surface area (Å²) in [6.07, 6.45) is 3.73. The number of nitrogens with zero attached hydrogens (tertiary/aromatic N) is 3. The first kappa shape index (κ1) is 18.2. The van der Waals surface area contributed by atoms with Crippen LogP contribution in [-0.4, -0.2) is 46.4 Å². The van der Waals surface area contributed by atoms with Crippen molar-refractivity contribution in [3.05, 3.63) is 54.0 Å². The molecule has 1 saturated heterocycles. The van der Waals surface area contributed by atoms with Gasteiger partial charge in [-0.2, -0.15) is 5.10 Å². The van der Waals surface area contributed by atoms with Crippen LogP contribution in [0, 0.1) is 0 Å². The zero-order chi connectivity index (χ0) is 19.5. The quantitative estimate of drug-likeness (QED) is 0.705. The number of pyridine rings is 1. The summed E-state index contributed by atoms with van der Waals surface area (Å²) in [5.74, 6) is 1.31. The molecule has 4 rings (SSSR count). The van der Waals surface area contributed by atoms with Crippen LogP contribution in [0.25, 0.3) is 11.5 Å². The maximum atomic E-state index is 12.3. The average Bonchev–Trinajstić information content (AvgIpc) is 3.37. The standard InChI is InChI=1S/C20H23N5O3/c1-13-11-25(12-14(2)28-13)19-6-5-15(9-21-19)10-22-20(26)17-8-16(23-24-17)18-4-3-7-27-18/h3-9,13-14H,10-12H2,1-2H3,(H,22,26)(H,23,24)/t13-,14+. The first-order chi connectivity index (χ1) is 13.6. The number of ether oxygens (including phenoxy) is 1. The molecule has 0 unspecified atom stereocenters. The molecule has 3 aromatic heterocycles. The third-order valence-corrected chi connectivity index (χ3v) is 4.60. The second-order valence-corrected chi connectivity index (χ2v) is 7.01. The minimum atomic E-state index is -0.256. The second-order valence-electron chi connectivity index (χ2n) is 7.01. The van der Waals surface area contributed by atoms with E-state index in [1.165, 1.54) is 0 Å². The second kappa shape index (κ2) is 7.85. The lowest BCUT2D eigenvalue weighted by Crippen LogP contribution is -2.45. The van der Waals surface area contributed by atoms with Crippen LogP contribution < -0.4 is 10.2 Å². The summed E-state index contributed by atoms with van der Waals surface area (Å²) in [6, 6.07) is 9.21. The maximum Gasteiger partial charge on any atom is 0.272 e. The number of H-pyrrole nitrogens is 1. The Morgan fingerprint density at radius 2 is 2.11 bits per heavy atom. The van der Waals surface area contributed by atoms with E-state index in [1.807, 2.05) is 12.1 Å². The molecule has 1 amide bonds. The summed E-state index contributed by atoms with van der Waals surface area (Å²) in [4.78, 5) is 19.1. The van der Waals surface area contributed by atoms with E-state index in [1.54, 1.807) is 30.7 Å². The van der Waals surface area contributed by atoms with Crippen molar-refractivity contribution in [2.75, 3.05) is 18.0 Å². The summed E-state index contributed by atoms with van der Waals surface area (Å²) >= 11 is 0. The van der Waals surface area contributed by atoms with Gasteiger partial charge >= 0.3 is 0 Å². The Labute approximate surface area is 162 Å². The van der Waals surface area contributed by atoms with Crippen LogP contribution in [0.15, 0.2) is 47.2 Å². The molecule has 1 aliphatic rings. The molecular formula is C20H23N5O3. The van der Waals surface area contributed by atoms with Gasteiger partial charge in [-0.3, -0.25) is 9.89 Å². The van der Waals surface area contributed by atoms with Crippen molar-refractivity contribution < 1.29 is 13.9 Å². The first-order valence-corrected chi connectivity index (χ1v) is 9.31. The number of aromatic nitrogens is 3. The molecule has 0 saturated carbocycles. The summed E-state index contributed by atoms with van der Waals surface area (Å²) in [5, 5.41) is 9.71. The van der Waals surface area contributed by atoms with Crippen LogP contribution in [-0.2, 0) is 11.3 Å². The molecule has 8 heteroatoms. The van der Waals surface area contributed by atoms with Crippen molar-refractivity contribution in [3.63, 3.8) is 0 Å². The van der Waals surface area contributed by atoms with E-state index in [2.05, 4.69) is 39.2 Å². The van der Waals surface area contributed by atoms with Crippen molar-refractivity contribution in [1.29, 1.82) is 0 Å². The van der Waals surface area contributed by atoms with Crippen molar-refractivity contribution >= 4 is 11.7 Å². The lowest BCUT2D eigenvalue weighted by molar-refractivity contribution is -0.00546. The molecule has 0 radical (unpaired) electrons. The molecule has 0 aromatic carbocycles. The van der Waals surface area contributed by atoms with E-state index in [0.717, 1.165) is 24.5 Å². The number of aromatic amines is 1. The smallest absolute Gasteiger partial charge is 0.272 e. The Hall–Kier alpha value is -3.13. The Balaban J connectivity index is 1.34. The molecule has 0 spiro atoms. The monoisotopic (exact) mass is 381 g/mol. The third-order valence-electron chi connectivity index (χ3n) is 4.60. The van der Waals surface area contributed by atoms with Gasteiger partial charge in [0.05, 0.1) is 18.5 Å². The molecule has 3 aromatic rings. The van der Waals surface area contributed by atoms with E-state index >= 15 is 0 Å². The minimum absolute atomic E-state index is 0.185. The van der Waals surface area contributed by atoms with Crippen molar-refractivity contribution in [2.45, 2.75) is 32.6 Å². The highest BCUT2D eigenvalue weighted by molar-refractivity contribution is 5.93. The number of hydrogen-bond acceptors (Lipinski definition) is 6. The fourth-order valence-corrected chi connectivity index (χ4v) is 3.34. The van der Waals surface area contributed by atoms with Gasteiger partial charge in [0, 0.05) is 31.9 Å². The van der Waals surface area contributed by atoms with Gasteiger partial charge in [-0.15, -0.1) is 0 Å². The Morgan fingerprint density at radius 3 is 2.79 bits per heavy atom. The van der Waals surface area contributed by atoms with Gasteiger partial charge < -0.3 is 19.4 Å². The topological polar surface area (TPSA) is 96.3 Å². The Bertz CT molecular complexity index is 910. The molecule has 0 bridgehead atoms. The fourth-order valence-electron chi connectivity index (χ4n) is 3.34. The Morgan fingerprint density at radius 1 is 1.29 bits per heavy atom. The van der Waals surface area contributed by atoms with Crippen LogP contribution in [0.4, 0.5) is 5.82 Å². The van der Waals surface area contributed by atoms with E-state index < -0.39 is 0 Å². The molecular weight excluding hydrogens is 358 g/mol. The van der Waals surface area contributed by atoms with Gasteiger partial charge in [0.15, 0.2) is 11.5 Å². The number of morpholine rings is 1. The maximum absolute atomic E-state index is 12.3. The summed E-state index contributed by atoms with van der Waals surface area (Å²) in [5.41, 5.74) is 1.90.